The lowest BCUT2D eigenvalue weighted by Gasteiger charge is -2.39. The fourth-order valence-electron chi connectivity index (χ4n) is 2.66. The van der Waals surface area contributed by atoms with Crippen molar-refractivity contribution < 1.29 is 19.1 Å². The number of esters is 1. The van der Waals surface area contributed by atoms with E-state index in [-0.39, 0.29) is 22.8 Å². The molecule has 7 nitrogen and oxygen atoms in total. The Morgan fingerprint density at radius 3 is 2.74 bits per heavy atom. The van der Waals surface area contributed by atoms with E-state index in [1.807, 2.05) is 20.8 Å². The Kier molecular flexibility index (Phi) is 7.55. The molecule has 1 fully saturated rings. The van der Waals surface area contributed by atoms with Gasteiger partial charge in [0, 0.05) is 12.7 Å². The van der Waals surface area contributed by atoms with Crippen LogP contribution in [-0.4, -0.2) is 50.8 Å². The van der Waals surface area contributed by atoms with Crippen LogP contribution in [0.2, 0.25) is 5.02 Å². The number of rotatable bonds is 4. The van der Waals surface area contributed by atoms with E-state index in [9.17, 15) is 9.59 Å². The van der Waals surface area contributed by atoms with Crippen molar-refractivity contribution >= 4 is 52.1 Å². The van der Waals surface area contributed by atoms with Crippen molar-refractivity contribution in [2.45, 2.75) is 56.2 Å². The lowest BCUT2D eigenvalue weighted by atomic mass is 10.1. The molecule has 1 aromatic heterocycles. The number of carbonyl (C=O) groups is 2. The van der Waals surface area contributed by atoms with Crippen LogP contribution >= 0.6 is 34.2 Å². The molecule has 0 radical (unpaired) electrons. The summed E-state index contributed by atoms with van der Waals surface area (Å²) in [6, 6.07) is 1.50. The summed E-state index contributed by atoms with van der Waals surface area (Å²) >= 11 is 8.52. The molecule has 1 amide bonds. The van der Waals surface area contributed by atoms with Crippen molar-refractivity contribution in [2.75, 3.05) is 18.5 Å². The highest BCUT2D eigenvalue weighted by molar-refractivity contribution is 14.1. The van der Waals surface area contributed by atoms with Crippen molar-refractivity contribution in [1.82, 2.24) is 9.88 Å². The molecule has 27 heavy (non-hydrogen) atoms. The first-order valence-corrected chi connectivity index (χ1v) is 10.5. The number of piperidine rings is 1. The number of alkyl halides is 1. The van der Waals surface area contributed by atoms with Crippen LogP contribution in [0.4, 0.5) is 10.6 Å². The number of nitrogens with one attached hydrogen (secondary N) is 1. The molecule has 0 aromatic carbocycles. The van der Waals surface area contributed by atoms with E-state index in [4.69, 9.17) is 21.1 Å². The molecule has 0 bridgehead atoms. The van der Waals surface area contributed by atoms with Gasteiger partial charge in [0.05, 0.1) is 23.2 Å². The van der Waals surface area contributed by atoms with Crippen LogP contribution in [0, 0.1) is 0 Å². The average Bonchev–Trinajstić information content (AvgIpc) is 2.56. The summed E-state index contributed by atoms with van der Waals surface area (Å²) in [5.74, 6) is 0.0152. The van der Waals surface area contributed by atoms with Gasteiger partial charge in [-0.3, -0.25) is 4.90 Å². The van der Waals surface area contributed by atoms with E-state index >= 15 is 0 Å². The Balaban J connectivity index is 2.08. The number of pyridine rings is 1. The molecule has 1 aromatic rings. The second-order valence-corrected chi connectivity index (χ2v) is 8.90. The summed E-state index contributed by atoms with van der Waals surface area (Å²) < 4.78 is 10.3. The summed E-state index contributed by atoms with van der Waals surface area (Å²) in [4.78, 5) is 30.2. The molecule has 2 atom stereocenters. The summed E-state index contributed by atoms with van der Waals surface area (Å²) in [6.45, 7) is 8.22. The van der Waals surface area contributed by atoms with E-state index in [0.717, 1.165) is 12.8 Å². The van der Waals surface area contributed by atoms with E-state index in [2.05, 4.69) is 32.9 Å². The molecule has 0 spiro atoms. The third-order valence-corrected chi connectivity index (χ3v) is 5.68. The summed E-state index contributed by atoms with van der Waals surface area (Å²) in [7, 11) is 0. The first-order chi connectivity index (χ1) is 12.6. The lowest BCUT2D eigenvalue weighted by Crippen LogP contribution is -2.51. The van der Waals surface area contributed by atoms with E-state index in [1.54, 1.807) is 11.8 Å². The molecule has 9 heteroatoms. The SMILES string of the molecule is CCOC(=O)c1cnc(N[C@@H]2CCCN(C(=O)OC(C)(C)C)C2I)c(Cl)c1. The molecular weight excluding hydrogens is 485 g/mol. The van der Waals surface area contributed by atoms with Gasteiger partial charge in [0.2, 0.25) is 0 Å². The molecular formula is C18H25ClIN3O4. The van der Waals surface area contributed by atoms with E-state index < -0.39 is 11.6 Å². The lowest BCUT2D eigenvalue weighted by molar-refractivity contribution is 0.0188. The number of halogens is 2. The second kappa shape index (κ2) is 9.27. The van der Waals surface area contributed by atoms with E-state index in [1.165, 1.54) is 12.3 Å². The Hall–Kier alpha value is -1.29. The predicted octanol–water partition coefficient (Wildman–Crippen LogP) is 4.48. The van der Waals surface area contributed by atoms with Crippen LogP contribution in [0.5, 0.6) is 0 Å². The summed E-state index contributed by atoms with van der Waals surface area (Å²) in [5.41, 5.74) is -0.237. The number of anilines is 1. The van der Waals surface area contributed by atoms with Crippen LogP contribution in [0.15, 0.2) is 12.3 Å². The number of ether oxygens (including phenoxy) is 2. The van der Waals surface area contributed by atoms with Gasteiger partial charge in [-0.1, -0.05) is 34.2 Å². The number of hydrogen-bond acceptors (Lipinski definition) is 6. The second-order valence-electron chi connectivity index (χ2n) is 7.21. The standard InChI is InChI=1S/C18H25ClIN3O4/c1-5-26-16(24)11-9-12(19)15(21-10-11)22-13-7-6-8-23(14(13)20)17(25)27-18(2,3)4/h9-10,13-14H,5-8H2,1-4H3,(H,21,22)/t13-,14?/m1/s1. The largest absolute Gasteiger partial charge is 0.462 e. The molecule has 150 valence electrons. The molecule has 0 aliphatic carbocycles. The predicted molar refractivity (Wildman–Crippen MR) is 113 cm³/mol. The van der Waals surface area contributed by atoms with E-state index in [0.29, 0.717) is 22.9 Å². The van der Waals surface area contributed by atoms with Gasteiger partial charge in [-0.2, -0.15) is 0 Å². The van der Waals surface area contributed by atoms with Crippen molar-refractivity contribution in [3.8, 4) is 0 Å². The molecule has 1 N–H and O–H groups in total. The molecule has 1 aliphatic rings. The van der Waals surface area contributed by atoms with Gasteiger partial charge in [0.1, 0.15) is 15.5 Å². The molecule has 1 unspecified atom stereocenters. The minimum atomic E-state index is -0.540. The Labute approximate surface area is 178 Å². The zero-order valence-electron chi connectivity index (χ0n) is 15.9. The number of likely N-dealkylation sites (tertiary alicyclic amines) is 1. The van der Waals surface area contributed by atoms with Gasteiger partial charge in [-0.25, -0.2) is 14.6 Å². The minimum absolute atomic E-state index is 0.0367. The number of aromatic nitrogens is 1. The first-order valence-electron chi connectivity index (χ1n) is 8.85. The van der Waals surface area contributed by atoms with Crippen molar-refractivity contribution in [2.24, 2.45) is 0 Å². The number of nitrogens with zero attached hydrogens (tertiary/aromatic N) is 2. The van der Waals surface area contributed by atoms with Gasteiger partial charge in [-0.05, 0) is 46.6 Å². The van der Waals surface area contributed by atoms with Crippen molar-refractivity contribution in [1.29, 1.82) is 0 Å². The monoisotopic (exact) mass is 509 g/mol. The van der Waals surface area contributed by atoms with Crippen LogP contribution in [0.25, 0.3) is 0 Å². The molecule has 0 saturated carbocycles. The topological polar surface area (TPSA) is 80.8 Å². The smallest absolute Gasteiger partial charge is 0.411 e. The minimum Gasteiger partial charge on any atom is -0.462 e. The fourth-order valence-corrected chi connectivity index (χ4v) is 3.93. The molecule has 1 aliphatic heterocycles. The van der Waals surface area contributed by atoms with Crippen LogP contribution < -0.4 is 5.32 Å². The third-order valence-electron chi connectivity index (χ3n) is 3.85. The van der Waals surface area contributed by atoms with Crippen LogP contribution in [0.1, 0.15) is 50.9 Å². The maximum absolute atomic E-state index is 12.4. The van der Waals surface area contributed by atoms with Gasteiger partial charge in [0.25, 0.3) is 0 Å². The van der Waals surface area contributed by atoms with Crippen molar-refractivity contribution in [3.63, 3.8) is 0 Å². The zero-order valence-corrected chi connectivity index (χ0v) is 18.8. The quantitative estimate of drug-likeness (QED) is 0.279. The number of hydrogen-bond donors (Lipinski definition) is 1. The zero-order chi connectivity index (χ0) is 20.2. The summed E-state index contributed by atoms with van der Waals surface area (Å²) in [6.07, 6.45) is 2.81. The highest BCUT2D eigenvalue weighted by atomic mass is 127. The van der Waals surface area contributed by atoms with Crippen LogP contribution in [0.3, 0.4) is 0 Å². The Morgan fingerprint density at radius 2 is 2.15 bits per heavy atom. The Bertz CT molecular complexity index is 696. The number of amides is 1. The van der Waals surface area contributed by atoms with Gasteiger partial charge < -0.3 is 14.8 Å². The fraction of sp³-hybridized carbons (Fsp3) is 0.611. The normalized spacial score (nSPS) is 20.1. The van der Waals surface area contributed by atoms with Crippen molar-refractivity contribution in [3.05, 3.63) is 22.8 Å². The maximum atomic E-state index is 12.4. The molecule has 2 heterocycles. The van der Waals surface area contributed by atoms with Crippen LogP contribution in [-0.2, 0) is 9.47 Å². The highest BCUT2D eigenvalue weighted by Gasteiger charge is 2.35. The van der Waals surface area contributed by atoms with Gasteiger partial charge >= 0.3 is 12.1 Å². The Morgan fingerprint density at radius 1 is 1.44 bits per heavy atom. The molecule has 1 saturated heterocycles. The highest BCUT2D eigenvalue weighted by Crippen LogP contribution is 2.29. The third kappa shape index (κ3) is 6.10. The number of carbonyl (C=O) groups excluding carboxylic acids is 2. The van der Waals surface area contributed by atoms with Gasteiger partial charge in [0.15, 0.2) is 0 Å². The van der Waals surface area contributed by atoms with Gasteiger partial charge in [-0.15, -0.1) is 0 Å². The first kappa shape index (κ1) is 22.0. The maximum Gasteiger partial charge on any atom is 0.411 e. The average molecular weight is 510 g/mol. The summed E-state index contributed by atoms with van der Waals surface area (Å²) in [5, 5.41) is 3.62. The molecule has 2 rings (SSSR count).